The van der Waals surface area contributed by atoms with Crippen LogP contribution in [0.5, 0.6) is 0 Å². The first-order chi connectivity index (χ1) is 10.4. The summed E-state index contributed by atoms with van der Waals surface area (Å²) in [4.78, 5) is 15.8. The lowest BCUT2D eigenvalue weighted by Crippen LogP contribution is -2.50. The molecule has 1 aliphatic carbocycles. The maximum Gasteiger partial charge on any atom is 0.235 e. The van der Waals surface area contributed by atoms with E-state index in [0.717, 1.165) is 19.4 Å². The molecular formula is C17H25N3OS. The van der Waals surface area contributed by atoms with Gasteiger partial charge in [-0.15, -0.1) is 11.3 Å². The molecule has 0 bridgehead atoms. The predicted molar refractivity (Wildman–Crippen MR) is 89.5 cm³/mol. The number of carbonyl (C=O) groups is 1. The molecule has 1 N–H and O–H groups in total. The molecule has 22 heavy (non-hydrogen) atoms. The lowest BCUT2D eigenvalue weighted by Gasteiger charge is -2.28. The molecule has 0 aromatic carbocycles. The van der Waals surface area contributed by atoms with E-state index in [9.17, 15) is 10.1 Å². The van der Waals surface area contributed by atoms with Crippen LogP contribution in [-0.4, -0.2) is 28.9 Å². The Bertz CT molecular complexity index is 571. The van der Waals surface area contributed by atoms with Gasteiger partial charge in [-0.1, -0.05) is 0 Å². The summed E-state index contributed by atoms with van der Waals surface area (Å²) < 4.78 is 0. The van der Waals surface area contributed by atoms with Gasteiger partial charge >= 0.3 is 0 Å². The van der Waals surface area contributed by atoms with E-state index in [0.29, 0.717) is 12.5 Å². The highest BCUT2D eigenvalue weighted by Crippen LogP contribution is 2.39. The van der Waals surface area contributed by atoms with Gasteiger partial charge in [0, 0.05) is 17.5 Å². The number of hydrogen-bond donors (Lipinski definition) is 1. The highest BCUT2D eigenvalue weighted by Gasteiger charge is 2.43. The van der Waals surface area contributed by atoms with Crippen LogP contribution in [0.4, 0.5) is 0 Å². The smallest absolute Gasteiger partial charge is 0.235 e. The van der Waals surface area contributed by atoms with Crippen molar-refractivity contribution in [2.45, 2.75) is 58.7 Å². The van der Waals surface area contributed by atoms with E-state index >= 15 is 0 Å². The lowest BCUT2D eigenvalue weighted by molar-refractivity contribution is -0.124. The zero-order valence-electron chi connectivity index (χ0n) is 13.8. The van der Waals surface area contributed by atoms with Crippen LogP contribution in [0.3, 0.4) is 0 Å². The van der Waals surface area contributed by atoms with E-state index in [-0.39, 0.29) is 11.9 Å². The van der Waals surface area contributed by atoms with Crippen molar-refractivity contribution < 1.29 is 4.79 Å². The Kier molecular flexibility index (Phi) is 5.25. The van der Waals surface area contributed by atoms with Crippen molar-refractivity contribution in [3.05, 3.63) is 21.9 Å². The average Bonchev–Trinajstić information content (AvgIpc) is 3.23. The summed E-state index contributed by atoms with van der Waals surface area (Å²) in [5.74, 6) is 0.257. The van der Waals surface area contributed by atoms with Gasteiger partial charge in [-0.3, -0.25) is 9.69 Å². The van der Waals surface area contributed by atoms with E-state index in [1.165, 1.54) is 10.4 Å². The molecule has 0 spiro atoms. The SMILES string of the molecule is Cc1ccsc1CN(CC(=O)N[C@@](C)(C#N)C1CC1)C(C)C. The fourth-order valence-electron chi connectivity index (χ4n) is 2.57. The van der Waals surface area contributed by atoms with Crippen molar-refractivity contribution in [2.75, 3.05) is 6.54 Å². The van der Waals surface area contributed by atoms with Crippen LogP contribution in [0.15, 0.2) is 11.4 Å². The molecule has 2 rings (SSSR count). The molecule has 1 atom stereocenters. The molecule has 0 aliphatic heterocycles. The van der Waals surface area contributed by atoms with Gasteiger partial charge in [0.1, 0.15) is 5.54 Å². The molecule has 0 unspecified atom stereocenters. The molecule has 5 heteroatoms. The first kappa shape index (κ1) is 17.0. The standard InChI is InChI=1S/C17H25N3OS/c1-12(2)20(9-15-13(3)7-8-22-15)10-16(21)19-17(4,11-18)14-5-6-14/h7-8,12,14H,5-6,9-10H2,1-4H3,(H,19,21)/t17-/m0/s1. The van der Waals surface area contributed by atoms with Crippen LogP contribution in [0, 0.1) is 24.2 Å². The largest absolute Gasteiger partial charge is 0.337 e. The van der Waals surface area contributed by atoms with Gasteiger partial charge in [0.05, 0.1) is 12.6 Å². The summed E-state index contributed by atoms with van der Waals surface area (Å²) in [5, 5.41) is 14.4. The molecule has 0 radical (unpaired) electrons. The summed E-state index contributed by atoms with van der Waals surface area (Å²) in [5.41, 5.74) is 0.564. The minimum Gasteiger partial charge on any atom is -0.337 e. The Morgan fingerprint density at radius 3 is 2.73 bits per heavy atom. The maximum absolute atomic E-state index is 12.4. The third-order valence-corrected chi connectivity index (χ3v) is 5.42. The summed E-state index contributed by atoms with van der Waals surface area (Å²) in [6.07, 6.45) is 2.07. The third kappa shape index (κ3) is 4.08. The zero-order valence-corrected chi connectivity index (χ0v) is 14.7. The average molecular weight is 319 g/mol. The fourth-order valence-corrected chi connectivity index (χ4v) is 3.50. The van der Waals surface area contributed by atoms with Gasteiger partial charge in [-0.25, -0.2) is 0 Å². The van der Waals surface area contributed by atoms with E-state index in [1.54, 1.807) is 11.3 Å². The number of rotatable bonds is 7. The number of amides is 1. The second-order valence-electron chi connectivity index (χ2n) is 6.66. The normalized spacial score (nSPS) is 17.3. The highest BCUT2D eigenvalue weighted by atomic mass is 32.1. The summed E-state index contributed by atoms with van der Waals surface area (Å²) in [7, 11) is 0. The Balaban J connectivity index is 1.97. The Labute approximate surface area is 137 Å². The number of nitriles is 1. The van der Waals surface area contributed by atoms with E-state index in [1.807, 2.05) is 6.92 Å². The molecule has 1 aliphatic rings. The van der Waals surface area contributed by atoms with Gasteiger partial charge in [0.2, 0.25) is 5.91 Å². The van der Waals surface area contributed by atoms with Crippen LogP contribution >= 0.6 is 11.3 Å². The second-order valence-corrected chi connectivity index (χ2v) is 7.66. The van der Waals surface area contributed by atoms with E-state index in [4.69, 9.17) is 0 Å². The van der Waals surface area contributed by atoms with E-state index < -0.39 is 5.54 Å². The minimum absolute atomic E-state index is 0.0566. The molecule has 1 saturated carbocycles. The molecule has 1 aromatic heterocycles. The summed E-state index contributed by atoms with van der Waals surface area (Å²) >= 11 is 1.73. The molecule has 1 amide bonds. The molecule has 1 fully saturated rings. The third-order valence-electron chi connectivity index (χ3n) is 4.42. The van der Waals surface area contributed by atoms with Crippen LogP contribution in [0.1, 0.15) is 44.1 Å². The van der Waals surface area contributed by atoms with Crippen molar-refractivity contribution in [1.29, 1.82) is 5.26 Å². The number of hydrogen-bond acceptors (Lipinski definition) is 4. The molecule has 1 aromatic rings. The fraction of sp³-hybridized carbons (Fsp3) is 0.647. The summed E-state index contributed by atoms with van der Waals surface area (Å²) in [6.45, 7) is 9.25. The zero-order chi connectivity index (χ0) is 16.3. The molecule has 120 valence electrons. The maximum atomic E-state index is 12.4. The van der Waals surface area contributed by atoms with Crippen molar-refractivity contribution in [1.82, 2.24) is 10.2 Å². The van der Waals surface area contributed by atoms with Gasteiger partial charge in [-0.2, -0.15) is 5.26 Å². The predicted octanol–water partition coefficient (Wildman–Crippen LogP) is 3.08. The van der Waals surface area contributed by atoms with Crippen LogP contribution < -0.4 is 5.32 Å². The lowest BCUT2D eigenvalue weighted by atomic mass is 9.98. The van der Waals surface area contributed by atoms with Gasteiger partial charge in [0.15, 0.2) is 0 Å². The number of aryl methyl sites for hydroxylation is 1. The topological polar surface area (TPSA) is 56.1 Å². The molecular weight excluding hydrogens is 294 g/mol. The Hall–Kier alpha value is -1.38. The van der Waals surface area contributed by atoms with Crippen molar-refractivity contribution >= 4 is 17.2 Å². The Morgan fingerprint density at radius 1 is 1.59 bits per heavy atom. The number of nitrogens with zero attached hydrogens (tertiary/aromatic N) is 2. The van der Waals surface area contributed by atoms with Crippen molar-refractivity contribution in [2.24, 2.45) is 5.92 Å². The van der Waals surface area contributed by atoms with Crippen LogP contribution in [0.2, 0.25) is 0 Å². The van der Waals surface area contributed by atoms with Gasteiger partial charge in [-0.05, 0) is 63.5 Å². The van der Waals surface area contributed by atoms with E-state index in [2.05, 4.69) is 48.5 Å². The van der Waals surface area contributed by atoms with Crippen molar-refractivity contribution in [3.63, 3.8) is 0 Å². The Morgan fingerprint density at radius 2 is 2.27 bits per heavy atom. The quantitative estimate of drug-likeness (QED) is 0.840. The molecule has 4 nitrogen and oxygen atoms in total. The minimum atomic E-state index is -0.710. The molecule has 1 heterocycles. The van der Waals surface area contributed by atoms with Crippen molar-refractivity contribution in [3.8, 4) is 6.07 Å². The van der Waals surface area contributed by atoms with Gasteiger partial charge in [0.25, 0.3) is 0 Å². The highest BCUT2D eigenvalue weighted by molar-refractivity contribution is 7.10. The summed E-state index contributed by atoms with van der Waals surface area (Å²) in [6, 6.07) is 4.67. The number of carbonyl (C=O) groups excluding carboxylic acids is 1. The first-order valence-electron chi connectivity index (χ1n) is 7.85. The monoisotopic (exact) mass is 319 g/mol. The van der Waals surface area contributed by atoms with Gasteiger partial charge < -0.3 is 5.32 Å². The van der Waals surface area contributed by atoms with Crippen LogP contribution in [-0.2, 0) is 11.3 Å². The molecule has 0 saturated heterocycles. The number of nitrogens with one attached hydrogen (secondary N) is 1. The van der Waals surface area contributed by atoms with Crippen LogP contribution in [0.25, 0.3) is 0 Å². The first-order valence-corrected chi connectivity index (χ1v) is 8.73. The second kappa shape index (κ2) is 6.80. The number of thiophene rings is 1.